The number of pyridine rings is 1. The van der Waals surface area contributed by atoms with Gasteiger partial charge in [0.15, 0.2) is 0 Å². The molecule has 2 aromatic carbocycles. The molecule has 0 unspecified atom stereocenters. The van der Waals surface area contributed by atoms with Gasteiger partial charge in [-0.05, 0) is 54.9 Å². The van der Waals surface area contributed by atoms with Gasteiger partial charge in [-0.25, -0.2) is 9.67 Å². The van der Waals surface area contributed by atoms with Gasteiger partial charge in [0.2, 0.25) is 11.7 Å². The van der Waals surface area contributed by atoms with Crippen molar-refractivity contribution < 1.29 is 23.8 Å². The van der Waals surface area contributed by atoms with Crippen LogP contribution in [0.4, 0.5) is 5.82 Å². The number of aryl methyl sites for hydroxylation is 1. The average molecular weight is 653 g/mol. The van der Waals surface area contributed by atoms with E-state index in [0.29, 0.717) is 61.5 Å². The number of nitrogen functional groups attached to an aromatic ring is 1. The SMILES string of the molecule is Cc1cc(Oc2ccccc2)ncc1-n1ncc(C(=O)c2cc3cc(C(=O)N4CCOCC4)ccc3n2COCC[Si](C)(C)C)c1N. The highest BCUT2D eigenvalue weighted by atomic mass is 28.3. The van der Waals surface area contributed by atoms with Gasteiger partial charge in [0.25, 0.3) is 5.91 Å². The van der Waals surface area contributed by atoms with E-state index in [9.17, 15) is 9.59 Å². The molecule has 1 saturated heterocycles. The summed E-state index contributed by atoms with van der Waals surface area (Å²) >= 11 is 0. The van der Waals surface area contributed by atoms with Crippen molar-refractivity contribution >= 4 is 36.5 Å². The van der Waals surface area contributed by atoms with E-state index in [4.69, 9.17) is 19.9 Å². The van der Waals surface area contributed by atoms with Crippen molar-refractivity contribution in [1.29, 1.82) is 0 Å². The molecule has 0 bridgehead atoms. The predicted octanol–water partition coefficient (Wildman–Crippen LogP) is 5.92. The second kappa shape index (κ2) is 13.5. The molecule has 5 aromatic rings. The number of anilines is 1. The minimum Gasteiger partial charge on any atom is -0.439 e. The van der Waals surface area contributed by atoms with E-state index in [1.807, 2.05) is 54.0 Å². The smallest absolute Gasteiger partial charge is 0.254 e. The van der Waals surface area contributed by atoms with Gasteiger partial charge in [0, 0.05) is 44.8 Å². The summed E-state index contributed by atoms with van der Waals surface area (Å²) in [6.45, 7) is 11.7. The van der Waals surface area contributed by atoms with Crippen LogP contribution in [0.2, 0.25) is 25.7 Å². The molecule has 47 heavy (non-hydrogen) atoms. The average Bonchev–Trinajstić information content (AvgIpc) is 3.62. The van der Waals surface area contributed by atoms with Gasteiger partial charge in [-0.2, -0.15) is 5.10 Å². The van der Waals surface area contributed by atoms with E-state index in [0.717, 1.165) is 22.5 Å². The number of ether oxygens (including phenoxy) is 3. The number of fused-ring (bicyclic) bond motifs is 1. The third kappa shape index (κ3) is 7.14. The number of morpholine rings is 1. The molecule has 4 heterocycles. The molecular formula is C35H40N6O5Si. The summed E-state index contributed by atoms with van der Waals surface area (Å²) < 4.78 is 20.8. The number of carbonyl (C=O) groups is 2. The number of nitrogens with two attached hydrogens (primary N) is 1. The number of nitrogens with zero attached hydrogens (tertiary/aromatic N) is 5. The molecule has 12 heteroatoms. The second-order valence-corrected chi connectivity index (χ2v) is 18.5. The zero-order valence-corrected chi connectivity index (χ0v) is 28.2. The number of para-hydroxylation sites is 1. The fraction of sp³-hybridized carbons (Fsp3) is 0.314. The molecule has 0 spiro atoms. The molecule has 0 aliphatic carbocycles. The van der Waals surface area contributed by atoms with Crippen LogP contribution in [0.15, 0.2) is 73.1 Å². The first-order chi connectivity index (χ1) is 22.6. The summed E-state index contributed by atoms with van der Waals surface area (Å²) in [5, 5.41) is 5.24. The molecule has 6 rings (SSSR count). The number of hydrogen-bond donors (Lipinski definition) is 1. The normalized spacial score (nSPS) is 13.7. The highest BCUT2D eigenvalue weighted by Gasteiger charge is 2.25. The largest absolute Gasteiger partial charge is 0.439 e. The Hall–Kier alpha value is -4.78. The summed E-state index contributed by atoms with van der Waals surface area (Å²) in [4.78, 5) is 33.7. The number of ketones is 1. The number of carbonyl (C=O) groups excluding carboxylic acids is 2. The second-order valence-electron chi connectivity index (χ2n) is 12.9. The minimum atomic E-state index is -1.32. The Morgan fingerprint density at radius 3 is 2.49 bits per heavy atom. The molecule has 11 nitrogen and oxygen atoms in total. The predicted molar refractivity (Wildman–Crippen MR) is 183 cm³/mol. The van der Waals surface area contributed by atoms with Crippen LogP contribution in [0.5, 0.6) is 11.6 Å². The molecule has 244 valence electrons. The lowest BCUT2D eigenvalue weighted by atomic mass is 10.1. The maximum Gasteiger partial charge on any atom is 0.254 e. The van der Waals surface area contributed by atoms with Crippen molar-refractivity contribution in [2.24, 2.45) is 0 Å². The van der Waals surface area contributed by atoms with Crippen LogP contribution in [0.3, 0.4) is 0 Å². The van der Waals surface area contributed by atoms with Crippen molar-refractivity contribution in [1.82, 2.24) is 24.2 Å². The molecule has 0 saturated carbocycles. The van der Waals surface area contributed by atoms with Crippen LogP contribution < -0.4 is 10.5 Å². The maximum atomic E-state index is 14.2. The Labute approximate surface area is 274 Å². The highest BCUT2D eigenvalue weighted by Crippen LogP contribution is 2.29. The van der Waals surface area contributed by atoms with E-state index in [-0.39, 0.29) is 29.8 Å². The number of amides is 1. The third-order valence-electron chi connectivity index (χ3n) is 8.20. The van der Waals surface area contributed by atoms with Gasteiger partial charge in [0.1, 0.15) is 18.3 Å². The summed E-state index contributed by atoms with van der Waals surface area (Å²) in [5.74, 6) is 0.947. The van der Waals surface area contributed by atoms with Gasteiger partial charge in [-0.3, -0.25) is 9.59 Å². The lowest BCUT2D eigenvalue weighted by molar-refractivity contribution is 0.0303. The highest BCUT2D eigenvalue weighted by molar-refractivity contribution is 6.76. The van der Waals surface area contributed by atoms with Crippen molar-refractivity contribution in [3.63, 3.8) is 0 Å². The third-order valence-corrected chi connectivity index (χ3v) is 9.90. The Morgan fingerprint density at radius 1 is 1.00 bits per heavy atom. The van der Waals surface area contributed by atoms with Crippen molar-refractivity contribution in [2.45, 2.75) is 39.3 Å². The molecule has 1 fully saturated rings. The van der Waals surface area contributed by atoms with Crippen molar-refractivity contribution in [3.8, 4) is 17.3 Å². The van der Waals surface area contributed by atoms with E-state index < -0.39 is 8.07 Å². The van der Waals surface area contributed by atoms with Crippen LogP contribution in [0, 0.1) is 6.92 Å². The first kappa shape index (κ1) is 32.2. The number of rotatable bonds is 11. The van der Waals surface area contributed by atoms with Crippen LogP contribution in [-0.4, -0.2) is 76.9 Å². The molecule has 2 N–H and O–H groups in total. The fourth-order valence-corrected chi connectivity index (χ4v) is 6.24. The fourth-order valence-electron chi connectivity index (χ4n) is 5.49. The Balaban J connectivity index is 1.30. The van der Waals surface area contributed by atoms with Crippen LogP contribution >= 0.6 is 0 Å². The quantitative estimate of drug-likeness (QED) is 0.106. The monoisotopic (exact) mass is 652 g/mol. The van der Waals surface area contributed by atoms with E-state index in [2.05, 4.69) is 29.7 Å². The Morgan fingerprint density at radius 2 is 1.77 bits per heavy atom. The van der Waals surface area contributed by atoms with Crippen LogP contribution in [-0.2, 0) is 16.2 Å². The molecule has 1 aliphatic heterocycles. The molecule has 1 amide bonds. The van der Waals surface area contributed by atoms with Crippen LogP contribution in [0.25, 0.3) is 16.6 Å². The summed E-state index contributed by atoms with van der Waals surface area (Å²) in [7, 11) is -1.32. The number of benzene rings is 2. The van der Waals surface area contributed by atoms with E-state index in [1.165, 1.54) is 10.9 Å². The lowest BCUT2D eigenvalue weighted by Gasteiger charge is -2.26. The zero-order chi connectivity index (χ0) is 33.1. The van der Waals surface area contributed by atoms with E-state index in [1.54, 1.807) is 29.3 Å². The van der Waals surface area contributed by atoms with Crippen LogP contribution in [0.1, 0.15) is 32.0 Å². The molecule has 0 atom stereocenters. The first-order valence-corrected chi connectivity index (χ1v) is 19.5. The molecule has 0 radical (unpaired) electrons. The minimum absolute atomic E-state index is 0.0584. The first-order valence-electron chi connectivity index (χ1n) is 15.8. The standard InChI is InChI=1S/C35H40N6O5Si/c1-24-18-32(46-27-8-6-5-7-9-27)37-22-31(24)41-34(36)28(21-38-41)33(42)30-20-26-19-25(35(43)39-12-14-44-15-13-39)10-11-29(26)40(30)23-45-16-17-47(2,3)4/h5-11,18-22H,12-17,23,36H2,1-4H3. The van der Waals surface area contributed by atoms with Gasteiger partial charge >= 0.3 is 0 Å². The zero-order valence-electron chi connectivity index (χ0n) is 27.2. The summed E-state index contributed by atoms with van der Waals surface area (Å²) in [5.41, 5.74) is 10.0. The number of aromatic nitrogens is 4. The Bertz CT molecular complexity index is 1910. The molecular weight excluding hydrogens is 613 g/mol. The van der Waals surface area contributed by atoms with Gasteiger partial charge < -0.3 is 29.4 Å². The van der Waals surface area contributed by atoms with Gasteiger partial charge in [-0.15, -0.1) is 0 Å². The van der Waals surface area contributed by atoms with Crippen molar-refractivity contribution in [2.75, 3.05) is 38.6 Å². The lowest BCUT2D eigenvalue weighted by Crippen LogP contribution is -2.40. The summed E-state index contributed by atoms with van der Waals surface area (Å²) in [6.07, 6.45) is 3.11. The molecule has 1 aliphatic rings. The number of hydrogen-bond acceptors (Lipinski definition) is 8. The maximum absolute atomic E-state index is 14.2. The van der Waals surface area contributed by atoms with Gasteiger partial charge in [0.05, 0.1) is 48.1 Å². The Kier molecular flexibility index (Phi) is 9.25. The topological polar surface area (TPSA) is 127 Å². The van der Waals surface area contributed by atoms with Crippen molar-refractivity contribution in [3.05, 3.63) is 95.4 Å². The van der Waals surface area contributed by atoms with E-state index >= 15 is 0 Å². The summed E-state index contributed by atoms with van der Waals surface area (Å²) in [6, 6.07) is 19.5. The van der Waals surface area contributed by atoms with Gasteiger partial charge in [-0.1, -0.05) is 37.8 Å². The molecule has 3 aromatic heterocycles.